The van der Waals surface area contributed by atoms with Gasteiger partial charge in [0, 0.05) is 23.6 Å². The Hall–Kier alpha value is -2.47. The normalized spacial score (nSPS) is 10.3. The molecule has 3 rings (SSSR count). The highest BCUT2D eigenvalue weighted by atomic mass is 79.9. The molecule has 0 radical (unpaired) electrons. The number of nitrogens with one attached hydrogen (secondary N) is 2. The van der Waals surface area contributed by atoms with Crippen LogP contribution in [0.25, 0.3) is 11.3 Å². The third-order valence-electron chi connectivity index (χ3n) is 2.92. The number of nitrogens with zero attached hydrogens (tertiary/aromatic N) is 2. The van der Waals surface area contributed by atoms with Crippen LogP contribution in [0.1, 0.15) is 10.4 Å². The van der Waals surface area contributed by atoms with Crippen LogP contribution in [0.4, 0.5) is 5.69 Å². The molecule has 1 aromatic carbocycles. The second kappa shape index (κ2) is 5.88. The summed E-state index contributed by atoms with van der Waals surface area (Å²) in [6.07, 6.45) is 3.21. The van der Waals surface area contributed by atoms with Gasteiger partial charge in [0.25, 0.3) is 5.91 Å². The lowest BCUT2D eigenvalue weighted by Gasteiger charge is -2.06. The molecule has 2 aromatic heterocycles. The molecule has 2 heterocycles. The Labute approximate surface area is 129 Å². The van der Waals surface area contributed by atoms with E-state index in [1.807, 2.05) is 30.3 Å². The summed E-state index contributed by atoms with van der Waals surface area (Å²) in [6.45, 7) is 0. The number of aromatic nitrogens is 3. The minimum Gasteiger partial charge on any atom is -0.322 e. The molecular weight excluding hydrogens is 332 g/mol. The Bertz CT molecular complexity index is 754. The molecule has 0 atom stereocenters. The van der Waals surface area contributed by atoms with Gasteiger partial charge in [0.05, 0.1) is 11.3 Å². The Kier molecular flexibility index (Phi) is 3.79. The van der Waals surface area contributed by atoms with E-state index in [-0.39, 0.29) is 5.91 Å². The molecule has 0 fully saturated rings. The van der Waals surface area contributed by atoms with Crippen molar-refractivity contribution in [3.63, 3.8) is 0 Å². The lowest BCUT2D eigenvalue weighted by atomic mass is 10.1. The maximum Gasteiger partial charge on any atom is 0.257 e. The van der Waals surface area contributed by atoms with Crippen molar-refractivity contribution in [2.45, 2.75) is 0 Å². The molecule has 3 aromatic rings. The number of carbonyl (C=O) groups excluding carboxylic acids is 1. The van der Waals surface area contributed by atoms with Crippen molar-refractivity contribution < 1.29 is 4.79 Å². The summed E-state index contributed by atoms with van der Waals surface area (Å²) >= 11 is 3.24. The highest BCUT2D eigenvalue weighted by Gasteiger charge is 2.07. The van der Waals surface area contributed by atoms with Crippen molar-refractivity contribution in [1.29, 1.82) is 0 Å². The van der Waals surface area contributed by atoms with Gasteiger partial charge in [0.15, 0.2) is 0 Å². The largest absolute Gasteiger partial charge is 0.322 e. The molecule has 104 valence electrons. The van der Waals surface area contributed by atoms with Crippen molar-refractivity contribution in [3.05, 3.63) is 65.0 Å². The Morgan fingerprint density at radius 1 is 1.19 bits per heavy atom. The maximum absolute atomic E-state index is 12.1. The van der Waals surface area contributed by atoms with E-state index in [0.29, 0.717) is 10.2 Å². The molecule has 6 heteroatoms. The monoisotopic (exact) mass is 342 g/mol. The number of hydrogen-bond donors (Lipinski definition) is 2. The molecule has 21 heavy (non-hydrogen) atoms. The zero-order valence-electron chi connectivity index (χ0n) is 10.9. The maximum atomic E-state index is 12.1. The summed E-state index contributed by atoms with van der Waals surface area (Å²) in [6, 6.07) is 12.9. The Morgan fingerprint density at radius 3 is 2.81 bits per heavy atom. The fourth-order valence-corrected chi connectivity index (χ4v) is 2.13. The van der Waals surface area contributed by atoms with Crippen LogP contribution >= 0.6 is 15.9 Å². The summed E-state index contributed by atoms with van der Waals surface area (Å²) in [5.74, 6) is -0.197. The smallest absolute Gasteiger partial charge is 0.257 e. The second-order valence-corrected chi connectivity index (χ2v) is 5.19. The van der Waals surface area contributed by atoms with Gasteiger partial charge in [-0.05, 0) is 46.3 Å². The van der Waals surface area contributed by atoms with Gasteiger partial charge in [-0.1, -0.05) is 12.1 Å². The average Bonchev–Trinajstić information content (AvgIpc) is 3.02. The molecular formula is C15H11BrN4O. The zero-order valence-corrected chi connectivity index (χ0v) is 12.5. The summed E-state index contributed by atoms with van der Waals surface area (Å²) in [4.78, 5) is 16.2. The van der Waals surface area contributed by atoms with Gasteiger partial charge in [0.1, 0.15) is 4.60 Å². The molecule has 0 unspecified atom stereocenters. The minimum atomic E-state index is -0.197. The van der Waals surface area contributed by atoms with Gasteiger partial charge in [-0.15, -0.1) is 0 Å². The van der Waals surface area contributed by atoms with Crippen LogP contribution in [0, 0.1) is 0 Å². The van der Waals surface area contributed by atoms with Crippen LogP contribution in [-0.4, -0.2) is 21.1 Å². The summed E-state index contributed by atoms with van der Waals surface area (Å²) in [5, 5.41) is 9.67. The number of pyridine rings is 1. The number of carbonyl (C=O) groups is 1. The van der Waals surface area contributed by atoms with Gasteiger partial charge >= 0.3 is 0 Å². The van der Waals surface area contributed by atoms with Gasteiger partial charge < -0.3 is 5.32 Å². The van der Waals surface area contributed by atoms with E-state index >= 15 is 0 Å². The van der Waals surface area contributed by atoms with Crippen LogP contribution in [0.3, 0.4) is 0 Å². The molecule has 0 spiro atoms. The quantitative estimate of drug-likeness (QED) is 0.715. The van der Waals surface area contributed by atoms with E-state index in [2.05, 4.69) is 36.4 Å². The molecule has 5 nitrogen and oxygen atoms in total. The summed E-state index contributed by atoms with van der Waals surface area (Å²) in [7, 11) is 0. The first-order chi connectivity index (χ1) is 10.2. The van der Waals surface area contributed by atoms with E-state index in [0.717, 1.165) is 16.9 Å². The van der Waals surface area contributed by atoms with E-state index in [9.17, 15) is 4.79 Å². The predicted molar refractivity (Wildman–Crippen MR) is 83.9 cm³/mol. The van der Waals surface area contributed by atoms with Crippen LogP contribution in [0.15, 0.2) is 59.5 Å². The number of rotatable bonds is 3. The molecule has 0 bridgehead atoms. The first-order valence-electron chi connectivity index (χ1n) is 6.25. The Balaban J connectivity index is 1.80. The number of benzene rings is 1. The molecule has 0 saturated heterocycles. The molecule has 0 aliphatic rings. The third kappa shape index (κ3) is 3.17. The molecule has 2 N–H and O–H groups in total. The van der Waals surface area contributed by atoms with Crippen molar-refractivity contribution >= 4 is 27.5 Å². The molecule has 0 aliphatic heterocycles. The lowest BCUT2D eigenvalue weighted by molar-refractivity contribution is 0.102. The van der Waals surface area contributed by atoms with Gasteiger partial charge in [-0.25, -0.2) is 4.98 Å². The number of H-pyrrole nitrogens is 1. The number of amides is 1. The Morgan fingerprint density at radius 2 is 2.10 bits per heavy atom. The molecule has 0 saturated carbocycles. The van der Waals surface area contributed by atoms with Crippen molar-refractivity contribution in [1.82, 2.24) is 15.2 Å². The predicted octanol–water partition coefficient (Wildman–Crippen LogP) is 3.49. The van der Waals surface area contributed by atoms with Crippen LogP contribution in [-0.2, 0) is 0 Å². The lowest BCUT2D eigenvalue weighted by Crippen LogP contribution is -2.12. The third-order valence-corrected chi connectivity index (χ3v) is 3.39. The SMILES string of the molecule is O=C(Nc1cccc(-c2ccn[nH]2)c1)c1ccc(Br)nc1. The number of anilines is 1. The van der Waals surface area contributed by atoms with E-state index in [1.54, 1.807) is 18.3 Å². The van der Waals surface area contributed by atoms with Crippen LogP contribution in [0.2, 0.25) is 0 Å². The van der Waals surface area contributed by atoms with Crippen LogP contribution < -0.4 is 5.32 Å². The van der Waals surface area contributed by atoms with Crippen molar-refractivity contribution in [2.24, 2.45) is 0 Å². The van der Waals surface area contributed by atoms with E-state index < -0.39 is 0 Å². The minimum absolute atomic E-state index is 0.197. The van der Waals surface area contributed by atoms with Gasteiger partial charge in [-0.3, -0.25) is 9.89 Å². The summed E-state index contributed by atoms with van der Waals surface area (Å²) < 4.78 is 0.695. The van der Waals surface area contributed by atoms with E-state index in [1.165, 1.54) is 6.20 Å². The second-order valence-electron chi connectivity index (χ2n) is 4.37. The number of halogens is 1. The fourth-order valence-electron chi connectivity index (χ4n) is 1.89. The number of aromatic amines is 1. The van der Waals surface area contributed by atoms with Crippen molar-refractivity contribution in [2.75, 3.05) is 5.32 Å². The summed E-state index contributed by atoms with van der Waals surface area (Å²) in [5.41, 5.74) is 3.08. The van der Waals surface area contributed by atoms with E-state index in [4.69, 9.17) is 0 Å². The van der Waals surface area contributed by atoms with Crippen LogP contribution in [0.5, 0.6) is 0 Å². The van der Waals surface area contributed by atoms with Gasteiger partial charge in [0.2, 0.25) is 0 Å². The number of hydrogen-bond acceptors (Lipinski definition) is 3. The average molecular weight is 343 g/mol. The van der Waals surface area contributed by atoms with Crippen molar-refractivity contribution in [3.8, 4) is 11.3 Å². The van der Waals surface area contributed by atoms with Gasteiger partial charge in [-0.2, -0.15) is 5.10 Å². The molecule has 0 aliphatic carbocycles. The molecule has 1 amide bonds. The first kappa shape index (κ1) is 13.5. The fraction of sp³-hybridized carbons (Fsp3) is 0. The standard InChI is InChI=1S/C15H11BrN4O/c16-14-5-4-11(9-17-14)15(21)19-12-3-1-2-10(8-12)13-6-7-18-20-13/h1-9H,(H,18,20)(H,19,21). The highest BCUT2D eigenvalue weighted by Crippen LogP contribution is 2.20. The first-order valence-corrected chi connectivity index (χ1v) is 7.04. The zero-order chi connectivity index (χ0) is 14.7. The topological polar surface area (TPSA) is 70.7 Å². The highest BCUT2D eigenvalue weighted by molar-refractivity contribution is 9.10.